The lowest BCUT2D eigenvalue weighted by Gasteiger charge is -2.06. The first-order valence-electron chi connectivity index (χ1n) is 4.52. The number of hydrogen-bond acceptors (Lipinski definition) is 2. The van der Waals surface area contributed by atoms with E-state index in [2.05, 4.69) is 5.32 Å². The summed E-state index contributed by atoms with van der Waals surface area (Å²) in [6.45, 7) is 0. The maximum absolute atomic E-state index is 12.7. The molecule has 3 nitrogen and oxygen atoms in total. The molecule has 0 spiro atoms. The van der Waals surface area contributed by atoms with Gasteiger partial charge in [-0.1, -0.05) is 0 Å². The second kappa shape index (κ2) is 3.29. The fourth-order valence-corrected chi connectivity index (χ4v) is 1.23. The van der Waals surface area contributed by atoms with E-state index in [1.807, 2.05) is 0 Å². The number of anilines is 2. The van der Waals surface area contributed by atoms with Gasteiger partial charge >= 0.3 is 0 Å². The van der Waals surface area contributed by atoms with E-state index in [9.17, 15) is 9.18 Å². The largest absolute Gasteiger partial charge is 0.397 e. The van der Waals surface area contributed by atoms with E-state index in [4.69, 9.17) is 5.73 Å². The van der Waals surface area contributed by atoms with E-state index in [1.54, 1.807) is 0 Å². The monoisotopic (exact) mass is 194 g/mol. The second-order valence-electron chi connectivity index (χ2n) is 3.50. The quantitative estimate of drug-likeness (QED) is 0.705. The Bertz CT molecular complexity index is 374. The van der Waals surface area contributed by atoms with Crippen LogP contribution in [0.5, 0.6) is 0 Å². The molecule has 14 heavy (non-hydrogen) atoms. The van der Waals surface area contributed by atoms with Gasteiger partial charge in [-0.25, -0.2) is 4.39 Å². The smallest absolute Gasteiger partial charge is 0.227 e. The van der Waals surface area contributed by atoms with Crippen molar-refractivity contribution in [3.05, 3.63) is 24.0 Å². The second-order valence-corrected chi connectivity index (χ2v) is 3.50. The molecular formula is C10H11FN2O. The lowest BCUT2D eigenvalue weighted by molar-refractivity contribution is -0.117. The maximum Gasteiger partial charge on any atom is 0.227 e. The van der Waals surface area contributed by atoms with Crippen molar-refractivity contribution >= 4 is 17.3 Å². The van der Waals surface area contributed by atoms with Crippen LogP contribution in [-0.2, 0) is 4.79 Å². The predicted octanol–water partition coefficient (Wildman–Crippen LogP) is 1.76. The Balaban J connectivity index is 2.11. The van der Waals surface area contributed by atoms with Gasteiger partial charge < -0.3 is 11.1 Å². The lowest BCUT2D eigenvalue weighted by atomic mass is 10.2. The number of hydrogen-bond donors (Lipinski definition) is 2. The summed E-state index contributed by atoms with van der Waals surface area (Å²) in [7, 11) is 0. The van der Waals surface area contributed by atoms with Crippen molar-refractivity contribution in [1.82, 2.24) is 0 Å². The molecule has 1 fully saturated rings. The molecule has 1 aromatic carbocycles. The first-order chi connectivity index (χ1) is 6.66. The van der Waals surface area contributed by atoms with Crippen LogP contribution in [0.2, 0.25) is 0 Å². The molecule has 0 aromatic heterocycles. The zero-order valence-corrected chi connectivity index (χ0v) is 7.59. The maximum atomic E-state index is 12.7. The average molecular weight is 194 g/mol. The van der Waals surface area contributed by atoms with Crippen molar-refractivity contribution in [2.45, 2.75) is 12.8 Å². The molecule has 0 atom stereocenters. The van der Waals surface area contributed by atoms with Crippen molar-refractivity contribution in [1.29, 1.82) is 0 Å². The summed E-state index contributed by atoms with van der Waals surface area (Å²) in [5.74, 6) is -0.297. The molecule has 0 saturated heterocycles. The van der Waals surface area contributed by atoms with Crippen LogP contribution in [-0.4, -0.2) is 5.91 Å². The molecule has 4 heteroatoms. The van der Waals surface area contributed by atoms with Gasteiger partial charge in [-0.2, -0.15) is 0 Å². The molecule has 0 aliphatic heterocycles. The van der Waals surface area contributed by atoms with Gasteiger partial charge in [0.2, 0.25) is 5.91 Å². The zero-order valence-electron chi connectivity index (χ0n) is 7.59. The third kappa shape index (κ3) is 1.84. The van der Waals surface area contributed by atoms with Gasteiger partial charge in [-0.3, -0.25) is 4.79 Å². The minimum absolute atomic E-state index is 0.0247. The summed E-state index contributed by atoms with van der Waals surface area (Å²) in [5.41, 5.74) is 6.29. The molecule has 1 aromatic rings. The summed E-state index contributed by atoms with van der Waals surface area (Å²) in [6, 6.07) is 3.95. The van der Waals surface area contributed by atoms with Gasteiger partial charge in [0.15, 0.2) is 0 Å². The predicted molar refractivity (Wildman–Crippen MR) is 52.2 cm³/mol. The summed E-state index contributed by atoms with van der Waals surface area (Å²) in [4.78, 5) is 11.4. The minimum Gasteiger partial charge on any atom is -0.397 e. The molecule has 0 unspecified atom stereocenters. The molecule has 1 saturated carbocycles. The molecule has 0 radical (unpaired) electrons. The number of carbonyl (C=O) groups is 1. The highest BCUT2D eigenvalue weighted by Gasteiger charge is 2.29. The van der Waals surface area contributed by atoms with Gasteiger partial charge in [-0.15, -0.1) is 0 Å². The Labute approximate surface area is 81.1 Å². The summed E-state index contributed by atoms with van der Waals surface area (Å²) >= 11 is 0. The van der Waals surface area contributed by atoms with E-state index in [1.165, 1.54) is 18.2 Å². The Kier molecular flexibility index (Phi) is 2.11. The van der Waals surface area contributed by atoms with Crippen molar-refractivity contribution < 1.29 is 9.18 Å². The SMILES string of the molecule is Nc1cc(F)ccc1NC(=O)C1CC1. The molecule has 0 heterocycles. The summed E-state index contributed by atoms with van der Waals surface area (Å²) in [5, 5.41) is 2.67. The van der Waals surface area contributed by atoms with E-state index in [0.717, 1.165) is 12.8 Å². The van der Waals surface area contributed by atoms with Crippen LogP contribution in [0.25, 0.3) is 0 Å². The highest BCUT2D eigenvalue weighted by atomic mass is 19.1. The molecular weight excluding hydrogens is 183 g/mol. The number of nitrogens with one attached hydrogen (secondary N) is 1. The van der Waals surface area contributed by atoms with E-state index >= 15 is 0 Å². The Morgan fingerprint density at radius 3 is 2.79 bits per heavy atom. The van der Waals surface area contributed by atoms with E-state index in [-0.39, 0.29) is 17.5 Å². The van der Waals surface area contributed by atoms with Gasteiger partial charge in [-0.05, 0) is 31.0 Å². The first kappa shape index (κ1) is 8.99. The highest BCUT2D eigenvalue weighted by molar-refractivity contribution is 5.96. The van der Waals surface area contributed by atoms with Gasteiger partial charge in [0.1, 0.15) is 5.82 Å². The standard InChI is InChI=1S/C10H11FN2O/c11-7-3-4-9(8(12)5-7)13-10(14)6-1-2-6/h3-6H,1-2,12H2,(H,13,14). The van der Waals surface area contributed by atoms with Crippen LogP contribution in [0.1, 0.15) is 12.8 Å². The van der Waals surface area contributed by atoms with Crippen molar-refractivity contribution in [2.24, 2.45) is 5.92 Å². The van der Waals surface area contributed by atoms with Crippen LogP contribution in [0, 0.1) is 11.7 Å². The number of nitrogens with two attached hydrogens (primary N) is 1. The number of rotatable bonds is 2. The van der Waals surface area contributed by atoms with Crippen LogP contribution in [0.3, 0.4) is 0 Å². The number of benzene rings is 1. The van der Waals surface area contributed by atoms with E-state index in [0.29, 0.717) is 5.69 Å². The van der Waals surface area contributed by atoms with Crippen molar-refractivity contribution in [3.8, 4) is 0 Å². The van der Waals surface area contributed by atoms with Gasteiger partial charge in [0.25, 0.3) is 0 Å². The third-order valence-electron chi connectivity index (χ3n) is 2.22. The van der Waals surface area contributed by atoms with Crippen LogP contribution in [0.15, 0.2) is 18.2 Å². The zero-order chi connectivity index (χ0) is 10.1. The molecule has 74 valence electrons. The third-order valence-corrected chi connectivity index (χ3v) is 2.22. The molecule has 1 aliphatic carbocycles. The molecule has 3 N–H and O–H groups in total. The number of amides is 1. The molecule has 0 bridgehead atoms. The van der Waals surface area contributed by atoms with Gasteiger partial charge in [0, 0.05) is 5.92 Å². The Morgan fingerprint density at radius 1 is 1.50 bits per heavy atom. The Hall–Kier alpha value is -1.58. The number of nitrogen functional groups attached to an aromatic ring is 1. The highest BCUT2D eigenvalue weighted by Crippen LogP contribution is 2.31. The summed E-state index contributed by atoms with van der Waals surface area (Å²) < 4.78 is 12.7. The topological polar surface area (TPSA) is 55.1 Å². The van der Waals surface area contributed by atoms with Crippen LogP contribution >= 0.6 is 0 Å². The van der Waals surface area contributed by atoms with Crippen LogP contribution < -0.4 is 11.1 Å². The first-order valence-corrected chi connectivity index (χ1v) is 4.52. The summed E-state index contributed by atoms with van der Waals surface area (Å²) in [6.07, 6.45) is 1.87. The Morgan fingerprint density at radius 2 is 2.21 bits per heavy atom. The number of halogens is 1. The number of carbonyl (C=O) groups excluding carboxylic acids is 1. The van der Waals surface area contributed by atoms with E-state index < -0.39 is 5.82 Å². The lowest BCUT2D eigenvalue weighted by Crippen LogP contribution is -2.14. The molecule has 1 amide bonds. The minimum atomic E-state index is -0.396. The fraction of sp³-hybridized carbons (Fsp3) is 0.300. The van der Waals surface area contributed by atoms with Crippen molar-refractivity contribution in [2.75, 3.05) is 11.1 Å². The van der Waals surface area contributed by atoms with Crippen molar-refractivity contribution in [3.63, 3.8) is 0 Å². The van der Waals surface area contributed by atoms with Gasteiger partial charge in [0.05, 0.1) is 11.4 Å². The molecule has 1 aliphatic rings. The fourth-order valence-electron chi connectivity index (χ4n) is 1.23. The van der Waals surface area contributed by atoms with Crippen LogP contribution in [0.4, 0.5) is 15.8 Å². The normalized spacial score (nSPS) is 15.2. The molecule has 2 rings (SSSR count). The average Bonchev–Trinajstić information content (AvgIpc) is 2.92.